The quantitative estimate of drug-likeness (QED) is 0.371. The van der Waals surface area contributed by atoms with E-state index in [1.165, 1.54) is 5.56 Å². The zero-order valence-electron chi connectivity index (χ0n) is 16.0. The minimum absolute atomic E-state index is 0. The van der Waals surface area contributed by atoms with E-state index in [1.807, 2.05) is 18.2 Å². The Labute approximate surface area is 183 Å². The average molecular weight is 500 g/mol. The number of phenols is 1. The second kappa shape index (κ2) is 10.8. The monoisotopic (exact) mass is 500 g/mol. The van der Waals surface area contributed by atoms with Crippen LogP contribution in [0.25, 0.3) is 0 Å². The Bertz CT molecular complexity index is 715. The van der Waals surface area contributed by atoms with E-state index in [-0.39, 0.29) is 24.0 Å². The van der Waals surface area contributed by atoms with Crippen LogP contribution >= 0.6 is 35.3 Å². The zero-order valence-corrected chi connectivity index (χ0v) is 19.1. The maximum atomic E-state index is 10.1. The maximum absolute atomic E-state index is 10.1. The minimum atomic E-state index is 0. The van der Waals surface area contributed by atoms with Gasteiger partial charge in [-0.15, -0.1) is 24.0 Å². The molecule has 2 aromatic rings. The van der Waals surface area contributed by atoms with E-state index >= 15 is 0 Å². The molecule has 0 spiro atoms. The van der Waals surface area contributed by atoms with Gasteiger partial charge in [0.15, 0.2) is 5.96 Å². The van der Waals surface area contributed by atoms with Gasteiger partial charge < -0.3 is 20.2 Å². The van der Waals surface area contributed by atoms with Crippen molar-refractivity contribution in [3.63, 3.8) is 0 Å². The van der Waals surface area contributed by atoms with E-state index in [0.717, 1.165) is 50.9 Å². The Kier molecular flexibility index (Phi) is 8.69. The Morgan fingerprint density at radius 1 is 1.22 bits per heavy atom. The third-order valence-electron chi connectivity index (χ3n) is 4.76. The summed E-state index contributed by atoms with van der Waals surface area (Å²) in [5.41, 5.74) is 2.28. The number of para-hydroxylation sites is 2. The summed E-state index contributed by atoms with van der Waals surface area (Å²) < 4.78 is 0. The SMILES string of the molecule is CCNC(=NCC(C)c1ccsc1)N1CCN(c2ccccc2O)CC1.I. The second-order valence-electron chi connectivity index (χ2n) is 6.62. The first kappa shape index (κ1) is 21.8. The number of benzene rings is 1. The minimum Gasteiger partial charge on any atom is -0.506 e. The van der Waals surface area contributed by atoms with Crippen LogP contribution in [0.5, 0.6) is 5.75 Å². The van der Waals surface area contributed by atoms with Crippen molar-refractivity contribution in [2.75, 3.05) is 44.2 Å². The van der Waals surface area contributed by atoms with Crippen molar-refractivity contribution in [3.8, 4) is 5.75 Å². The Morgan fingerprint density at radius 3 is 2.59 bits per heavy atom. The van der Waals surface area contributed by atoms with Crippen molar-refractivity contribution in [1.29, 1.82) is 0 Å². The van der Waals surface area contributed by atoms with Crippen LogP contribution in [0.4, 0.5) is 5.69 Å². The molecule has 3 rings (SSSR count). The molecule has 1 atom stereocenters. The fourth-order valence-corrected chi connectivity index (χ4v) is 3.98. The van der Waals surface area contributed by atoms with Gasteiger partial charge in [0.25, 0.3) is 0 Å². The molecule has 2 N–H and O–H groups in total. The smallest absolute Gasteiger partial charge is 0.194 e. The van der Waals surface area contributed by atoms with Crippen LogP contribution in [-0.4, -0.2) is 55.2 Å². The number of guanidine groups is 1. The molecular weight excluding hydrogens is 471 g/mol. The van der Waals surface area contributed by atoms with Gasteiger partial charge in [-0.05, 0) is 41.4 Å². The van der Waals surface area contributed by atoms with Gasteiger partial charge in [-0.25, -0.2) is 0 Å². The number of rotatable bonds is 5. The van der Waals surface area contributed by atoms with Crippen LogP contribution in [0.15, 0.2) is 46.1 Å². The molecular formula is C20H29IN4OS. The summed E-state index contributed by atoms with van der Waals surface area (Å²) in [4.78, 5) is 9.44. The number of halogens is 1. The number of anilines is 1. The van der Waals surface area contributed by atoms with E-state index in [2.05, 4.69) is 45.8 Å². The Balaban J connectivity index is 0.00000261. The van der Waals surface area contributed by atoms with Gasteiger partial charge in [-0.1, -0.05) is 19.1 Å². The number of thiophene rings is 1. The van der Waals surface area contributed by atoms with E-state index in [1.54, 1.807) is 17.4 Å². The number of piperazine rings is 1. The number of aromatic hydroxyl groups is 1. The van der Waals surface area contributed by atoms with Crippen LogP contribution in [0.2, 0.25) is 0 Å². The molecule has 1 aromatic carbocycles. The summed E-state index contributed by atoms with van der Waals surface area (Å²) in [5.74, 6) is 1.77. The lowest BCUT2D eigenvalue weighted by atomic mass is 10.1. The highest BCUT2D eigenvalue weighted by molar-refractivity contribution is 14.0. The summed E-state index contributed by atoms with van der Waals surface area (Å²) in [6.07, 6.45) is 0. The third kappa shape index (κ3) is 5.75. The normalized spacial score (nSPS) is 16.0. The summed E-state index contributed by atoms with van der Waals surface area (Å²) >= 11 is 1.74. The van der Waals surface area contributed by atoms with Crippen molar-refractivity contribution >= 4 is 47.0 Å². The van der Waals surface area contributed by atoms with Gasteiger partial charge in [-0.2, -0.15) is 11.3 Å². The molecule has 0 bridgehead atoms. The summed E-state index contributed by atoms with van der Waals surface area (Å²) in [5, 5.41) is 17.8. The molecule has 0 saturated carbocycles. The third-order valence-corrected chi connectivity index (χ3v) is 5.47. The topological polar surface area (TPSA) is 51.1 Å². The van der Waals surface area contributed by atoms with Crippen molar-refractivity contribution in [2.45, 2.75) is 19.8 Å². The highest BCUT2D eigenvalue weighted by Crippen LogP contribution is 2.27. The van der Waals surface area contributed by atoms with Crippen molar-refractivity contribution in [1.82, 2.24) is 10.2 Å². The standard InChI is InChI=1S/C20H28N4OS.HI/c1-3-21-20(22-14-16(2)17-8-13-26-15-17)24-11-9-23(10-12-24)18-6-4-5-7-19(18)25;/h4-8,13,15-16,25H,3,9-12,14H2,1-2H3,(H,21,22);1H. The Morgan fingerprint density at radius 2 is 1.96 bits per heavy atom. The molecule has 0 amide bonds. The highest BCUT2D eigenvalue weighted by atomic mass is 127. The molecule has 2 heterocycles. The largest absolute Gasteiger partial charge is 0.506 e. The van der Waals surface area contributed by atoms with Gasteiger partial charge in [0.2, 0.25) is 0 Å². The maximum Gasteiger partial charge on any atom is 0.194 e. The fourth-order valence-electron chi connectivity index (χ4n) is 3.20. The number of aliphatic imine (C=N–C) groups is 1. The lowest BCUT2D eigenvalue weighted by Crippen LogP contribution is -2.52. The van der Waals surface area contributed by atoms with Crippen LogP contribution in [0, 0.1) is 0 Å². The predicted molar refractivity (Wildman–Crippen MR) is 126 cm³/mol. The summed E-state index contributed by atoms with van der Waals surface area (Å²) in [7, 11) is 0. The number of hydrogen-bond donors (Lipinski definition) is 2. The first-order valence-corrected chi connectivity index (χ1v) is 10.2. The molecule has 1 fully saturated rings. The van der Waals surface area contributed by atoms with Crippen LogP contribution in [0.3, 0.4) is 0 Å². The molecule has 0 radical (unpaired) electrons. The van der Waals surface area contributed by atoms with Crippen molar-refractivity contribution in [2.24, 2.45) is 4.99 Å². The Hall–Kier alpha value is -1.48. The van der Waals surface area contributed by atoms with E-state index in [4.69, 9.17) is 4.99 Å². The lowest BCUT2D eigenvalue weighted by molar-refractivity contribution is 0.369. The highest BCUT2D eigenvalue weighted by Gasteiger charge is 2.21. The molecule has 0 aliphatic carbocycles. The molecule has 148 valence electrons. The molecule has 1 unspecified atom stereocenters. The van der Waals surface area contributed by atoms with Crippen LogP contribution in [-0.2, 0) is 0 Å². The fraction of sp³-hybridized carbons (Fsp3) is 0.450. The number of phenolic OH excluding ortho intramolecular Hbond substituents is 1. The van der Waals surface area contributed by atoms with Gasteiger partial charge in [-0.3, -0.25) is 4.99 Å². The van der Waals surface area contributed by atoms with Crippen molar-refractivity contribution < 1.29 is 5.11 Å². The molecule has 1 aliphatic heterocycles. The van der Waals surface area contributed by atoms with Crippen LogP contribution < -0.4 is 10.2 Å². The molecule has 1 aromatic heterocycles. The average Bonchev–Trinajstić information content (AvgIpc) is 3.20. The van der Waals surface area contributed by atoms with E-state index in [0.29, 0.717) is 11.7 Å². The van der Waals surface area contributed by atoms with Gasteiger partial charge >= 0.3 is 0 Å². The van der Waals surface area contributed by atoms with Crippen molar-refractivity contribution in [3.05, 3.63) is 46.7 Å². The molecule has 27 heavy (non-hydrogen) atoms. The molecule has 1 aliphatic rings. The van der Waals surface area contributed by atoms with E-state index in [9.17, 15) is 5.11 Å². The zero-order chi connectivity index (χ0) is 18.4. The number of nitrogens with one attached hydrogen (secondary N) is 1. The molecule has 7 heteroatoms. The number of hydrogen-bond acceptors (Lipinski definition) is 4. The van der Waals surface area contributed by atoms with Crippen LogP contribution in [0.1, 0.15) is 25.3 Å². The number of nitrogens with zero attached hydrogens (tertiary/aromatic N) is 3. The molecule has 5 nitrogen and oxygen atoms in total. The van der Waals surface area contributed by atoms with Gasteiger partial charge in [0.1, 0.15) is 5.75 Å². The van der Waals surface area contributed by atoms with Gasteiger partial charge in [0, 0.05) is 45.2 Å². The van der Waals surface area contributed by atoms with Gasteiger partial charge in [0.05, 0.1) is 5.69 Å². The van der Waals surface area contributed by atoms with E-state index < -0.39 is 0 Å². The molecule has 1 saturated heterocycles. The first-order chi connectivity index (χ1) is 12.7. The summed E-state index contributed by atoms with van der Waals surface area (Å²) in [6.45, 7) is 9.54. The first-order valence-electron chi connectivity index (χ1n) is 9.27. The predicted octanol–water partition coefficient (Wildman–Crippen LogP) is 3.96. The lowest BCUT2D eigenvalue weighted by Gasteiger charge is -2.38. The summed E-state index contributed by atoms with van der Waals surface area (Å²) in [6, 6.07) is 9.74. The second-order valence-corrected chi connectivity index (χ2v) is 7.40.